The molecule has 1 aliphatic rings. The van der Waals surface area contributed by atoms with Crippen molar-refractivity contribution in [2.75, 3.05) is 0 Å². The first-order chi connectivity index (χ1) is 7.41. The van der Waals surface area contributed by atoms with Crippen molar-refractivity contribution in [3.05, 3.63) is 0 Å². The van der Waals surface area contributed by atoms with Gasteiger partial charge in [0, 0.05) is 0 Å². The number of hydrogen-bond acceptors (Lipinski definition) is 4. The van der Waals surface area contributed by atoms with E-state index in [9.17, 15) is 4.79 Å². The fourth-order valence-electron chi connectivity index (χ4n) is 2.46. The van der Waals surface area contributed by atoms with Crippen molar-refractivity contribution in [3.8, 4) is 0 Å². The minimum atomic E-state index is -2.01. The van der Waals surface area contributed by atoms with Gasteiger partial charge >= 0.3 is 5.97 Å². The highest BCUT2D eigenvalue weighted by atomic mass is 16.6. The molecule has 0 saturated heterocycles. The largest absolute Gasteiger partial charge is 0.458 e. The van der Waals surface area contributed by atoms with Crippen LogP contribution in [-0.4, -0.2) is 28.6 Å². The third kappa shape index (κ3) is 3.46. The van der Waals surface area contributed by atoms with Crippen LogP contribution in [0.4, 0.5) is 0 Å². The first-order valence-electron chi connectivity index (χ1n) is 5.98. The van der Waals surface area contributed by atoms with E-state index >= 15 is 0 Å². The molecule has 2 unspecified atom stereocenters. The van der Waals surface area contributed by atoms with Crippen LogP contribution in [0.3, 0.4) is 0 Å². The van der Waals surface area contributed by atoms with Crippen LogP contribution in [0.15, 0.2) is 0 Å². The summed E-state index contributed by atoms with van der Waals surface area (Å²) in [6, 6.07) is 0. The summed E-state index contributed by atoms with van der Waals surface area (Å²) in [7, 11) is 0. The van der Waals surface area contributed by atoms with E-state index in [-0.39, 0.29) is 6.10 Å². The molecule has 0 radical (unpaired) electrons. The molecular weight excluding hydrogens is 208 g/mol. The van der Waals surface area contributed by atoms with Crippen molar-refractivity contribution in [2.24, 2.45) is 17.8 Å². The molecule has 0 aromatic rings. The Balaban J connectivity index is 2.61. The van der Waals surface area contributed by atoms with Gasteiger partial charge in [-0.2, -0.15) is 0 Å². The highest BCUT2D eigenvalue weighted by molar-refractivity contribution is 5.72. The number of carbonyl (C=O) groups is 1. The van der Waals surface area contributed by atoms with Gasteiger partial charge in [0.15, 0.2) is 0 Å². The molecule has 16 heavy (non-hydrogen) atoms. The van der Waals surface area contributed by atoms with Crippen LogP contribution in [0.25, 0.3) is 0 Å². The zero-order valence-electron chi connectivity index (χ0n) is 10.2. The number of esters is 1. The lowest BCUT2D eigenvalue weighted by Crippen LogP contribution is -2.38. The van der Waals surface area contributed by atoms with Gasteiger partial charge in [-0.1, -0.05) is 27.2 Å². The number of rotatable bonds is 3. The van der Waals surface area contributed by atoms with Crippen molar-refractivity contribution in [1.29, 1.82) is 0 Å². The van der Waals surface area contributed by atoms with Crippen LogP contribution < -0.4 is 0 Å². The molecule has 1 saturated carbocycles. The van der Waals surface area contributed by atoms with Crippen molar-refractivity contribution in [1.82, 2.24) is 0 Å². The van der Waals surface area contributed by atoms with Crippen molar-refractivity contribution in [2.45, 2.75) is 52.4 Å². The summed E-state index contributed by atoms with van der Waals surface area (Å²) >= 11 is 0. The first kappa shape index (κ1) is 13.5. The Labute approximate surface area is 96.6 Å². The third-order valence-corrected chi connectivity index (χ3v) is 3.44. The second-order valence-corrected chi connectivity index (χ2v) is 5.18. The number of hydrogen-bond donors (Lipinski definition) is 2. The van der Waals surface area contributed by atoms with Gasteiger partial charge in [0.25, 0.3) is 6.29 Å². The Hall–Kier alpha value is -0.610. The van der Waals surface area contributed by atoms with E-state index in [1.165, 1.54) is 0 Å². The van der Waals surface area contributed by atoms with Crippen LogP contribution in [0.5, 0.6) is 0 Å². The molecule has 0 aliphatic heterocycles. The minimum Gasteiger partial charge on any atom is -0.458 e. The molecule has 0 aromatic carbocycles. The van der Waals surface area contributed by atoms with Gasteiger partial charge in [-0.05, 0) is 30.6 Å². The topological polar surface area (TPSA) is 66.8 Å². The van der Waals surface area contributed by atoms with Crippen LogP contribution in [0, 0.1) is 17.8 Å². The fraction of sp³-hybridized carbons (Fsp3) is 0.917. The Kier molecular flexibility index (Phi) is 4.74. The average Bonchev–Trinajstić information content (AvgIpc) is 2.16. The molecule has 0 spiro atoms. The van der Waals surface area contributed by atoms with Crippen molar-refractivity contribution >= 4 is 5.97 Å². The lowest BCUT2D eigenvalue weighted by Gasteiger charge is -2.36. The van der Waals surface area contributed by atoms with E-state index in [0.29, 0.717) is 17.8 Å². The predicted molar refractivity (Wildman–Crippen MR) is 59.4 cm³/mol. The van der Waals surface area contributed by atoms with Crippen LogP contribution >= 0.6 is 0 Å². The lowest BCUT2D eigenvalue weighted by atomic mass is 9.75. The summed E-state index contributed by atoms with van der Waals surface area (Å²) in [6.45, 7) is 6.35. The Bertz CT molecular complexity index is 237. The van der Waals surface area contributed by atoms with E-state index in [1.807, 2.05) is 0 Å². The summed E-state index contributed by atoms with van der Waals surface area (Å²) < 4.78 is 5.16. The Morgan fingerprint density at radius 3 is 2.44 bits per heavy atom. The predicted octanol–water partition coefficient (Wildman–Crippen LogP) is 1.30. The summed E-state index contributed by atoms with van der Waals surface area (Å²) in [5.74, 6) is 0.383. The summed E-state index contributed by atoms with van der Waals surface area (Å²) in [5, 5.41) is 17.4. The van der Waals surface area contributed by atoms with E-state index < -0.39 is 12.3 Å². The Morgan fingerprint density at radius 2 is 1.94 bits per heavy atom. The second kappa shape index (κ2) is 5.64. The van der Waals surface area contributed by atoms with Crippen LogP contribution in [-0.2, 0) is 9.53 Å². The lowest BCUT2D eigenvalue weighted by molar-refractivity contribution is -0.184. The number of carbonyl (C=O) groups excluding carboxylic acids is 1. The molecule has 0 heterocycles. The van der Waals surface area contributed by atoms with E-state index in [0.717, 1.165) is 19.3 Å². The number of aliphatic hydroxyl groups excluding tert-OH is 1. The van der Waals surface area contributed by atoms with Crippen LogP contribution in [0.1, 0.15) is 40.0 Å². The molecular formula is C12H22O4. The van der Waals surface area contributed by atoms with Crippen molar-refractivity contribution < 1.29 is 19.7 Å². The quantitative estimate of drug-likeness (QED) is 0.566. The normalized spacial score (nSPS) is 30.8. The van der Waals surface area contributed by atoms with Gasteiger partial charge in [0.05, 0.1) is 0 Å². The maximum absolute atomic E-state index is 11.2. The van der Waals surface area contributed by atoms with Gasteiger partial charge in [-0.15, -0.1) is 0 Å². The molecule has 0 amide bonds. The second-order valence-electron chi connectivity index (χ2n) is 5.18. The molecule has 3 atom stereocenters. The monoisotopic (exact) mass is 230 g/mol. The van der Waals surface area contributed by atoms with E-state index in [2.05, 4.69) is 20.8 Å². The smallest absolute Gasteiger partial charge is 0.363 e. The zero-order chi connectivity index (χ0) is 12.3. The molecule has 1 fully saturated rings. The first-order valence-corrected chi connectivity index (χ1v) is 5.98. The highest BCUT2D eigenvalue weighted by Gasteiger charge is 2.34. The molecule has 4 nitrogen and oxygen atoms in total. The van der Waals surface area contributed by atoms with Gasteiger partial charge in [-0.3, -0.25) is 0 Å². The standard InChI is InChI=1S/C12H22O4/c1-7(2)9-5-4-8(3)6-10(9)16-12(15)11(13)14/h7-11,13-14H,4-6H2,1-3H3/t8-,9?,10?/m1/s1. The molecule has 0 bridgehead atoms. The third-order valence-electron chi connectivity index (χ3n) is 3.44. The average molecular weight is 230 g/mol. The summed E-state index contributed by atoms with van der Waals surface area (Å²) in [6.07, 6.45) is 0.834. The zero-order valence-corrected chi connectivity index (χ0v) is 10.2. The number of aliphatic hydroxyl groups is 2. The molecule has 4 heteroatoms. The molecule has 94 valence electrons. The van der Waals surface area contributed by atoms with Crippen LogP contribution in [0.2, 0.25) is 0 Å². The van der Waals surface area contributed by atoms with Crippen molar-refractivity contribution in [3.63, 3.8) is 0 Å². The molecule has 1 aliphatic carbocycles. The maximum atomic E-state index is 11.2. The molecule has 1 rings (SSSR count). The highest BCUT2D eigenvalue weighted by Crippen LogP contribution is 2.35. The van der Waals surface area contributed by atoms with Gasteiger partial charge in [-0.25, -0.2) is 4.79 Å². The van der Waals surface area contributed by atoms with E-state index in [1.54, 1.807) is 0 Å². The Morgan fingerprint density at radius 1 is 1.31 bits per heavy atom. The SMILES string of the molecule is CC(C)C1CC[C@@H](C)CC1OC(=O)C(O)O. The van der Waals surface area contributed by atoms with Gasteiger partial charge in [0.2, 0.25) is 0 Å². The van der Waals surface area contributed by atoms with Gasteiger partial charge in [0.1, 0.15) is 6.10 Å². The minimum absolute atomic E-state index is 0.168. The molecule has 2 N–H and O–H groups in total. The molecule has 0 aromatic heterocycles. The maximum Gasteiger partial charge on any atom is 0.363 e. The summed E-state index contributed by atoms with van der Waals surface area (Å²) in [4.78, 5) is 11.2. The number of ether oxygens (including phenoxy) is 1. The fourth-order valence-corrected chi connectivity index (χ4v) is 2.46. The summed E-state index contributed by atoms with van der Waals surface area (Å²) in [5.41, 5.74) is 0. The van der Waals surface area contributed by atoms with Gasteiger partial charge < -0.3 is 14.9 Å². The van der Waals surface area contributed by atoms with E-state index in [4.69, 9.17) is 14.9 Å².